The first-order chi connectivity index (χ1) is 13.5. The fourth-order valence-electron chi connectivity index (χ4n) is 3.46. The molecule has 1 saturated carbocycles. The quantitative estimate of drug-likeness (QED) is 0.325. The predicted octanol–water partition coefficient (Wildman–Crippen LogP) is 1.23. The molecule has 0 saturated heterocycles. The molecule has 2 rings (SSSR count). The van der Waals surface area contributed by atoms with Crippen LogP contribution in [0.4, 0.5) is 0 Å². The SMILES string of the molecule is CCN(CC)C(=O)[C@@H]1C(c2ccccc2)[C@@H]1CNC(=O)COCCO[N+](=O)[O-]. The van der Waals surface area contributed by atoms with E-state index in [9.17, 15) is 19.7 Å². The zero-order chi connectivity index (χ0) is 20.5. The third-order valence-electron chi connectivity index (χ3n) is 4.91. The van der Waals surface area contributed by atoms with Crippen LogP contribution in [-0.2, 0) is 19.2 Å². The second-order valence-electron chi connectivity index (χ2n) is 6.55. The summed E-state index contributed by atoms with van der Waals surface area (Å²) in [6.07, 6.45) is 0. The number of ether oxygens (including phenoxy) is 1. The highest BCUT2D eigenvalue weighted by molar-refractivity contribution is 5.84. The van der Waals surface area contributed by atoms with E-state index in [2.05, 4.69) is 10.2 Å². The van der Waals surface area contributed by atoms with Crippen LogP contribution in [0, 0.1) is 22.0 Å². The first-order valence-corrected chi connectivity index (χ1v) is 9.45. The van der Waals surface area contributed by atoms with Gasteiger partial charge in [-0.2, -0.15) is 0 Å². The number of benzene rings is 1. The second-order valence-corrected chi connectivity index (χ2v) is 6.55. The van der Waals surface area contributed by atoms with E-state index in [1.54, 1.807) is 0 Å². The number of carbonyl (C=O) groups excluding carboxylic acids is 2. The number of hydrogen-bond donors (Lipinski definition) is 1. The lowest BCUT2D eigenvalue weighted by atomic mass is 10.1. The molecular weight excluding hydrogens is 366 g/mol. The number of amides is 2. The molecule has 1 aromatic carbocycles. The fraction of sp³-hybridized carbons (Fsp3) is 0.579. The lowest BCUT2D eigenvalue weighted by molar-refractivity contribution is -0.758. The average Bonchev–Trinajstić information content (AvgIpc) is 3.41. The molecule has 0 radical (unpaired) electrons. The fourth-order valence-corrected chi connectivity index (χ4v) is 3.46. The van der Waals surface area contributed by atoms with Crippen LogP contribution in [0.1, 0.15) is 25.3 Å². The molecular formula is C19H27N3O6. The average molecular weight is 393 g/mol. The number of carbonyl (C=O) groups is 2. The van der Waals surface area contributed by atoms with Gasteiger partial charge in [0.2, 0.25) is 11.8 Å². The Morgan fingerprint density at radius 3 is 2.46 bits per heavy atom. The Bertz CT molecular complexity index is 665. The Labute approximate surface area is 164 Å². The molecule has 9 nitrogen and oxygen atoms in total. The monoisotopic (exact) mass is 393 g/mol. The van der Waals surface area contributed by atoms with Gasteiger partial charge in [0.15, 0.2) is 0 Å². The highest BCUT2D eigenvalue weighted by Gasteiger charge is 2.55. The van der Waals surface area contributed by atoms with Crippen molar-refractivity contribution in [1.29, 1.82) is 0 Å². The van der Waals surface area contributed by atoms with Gasteiger partial charge in [-0.05, 0) is 25.3 Å². The topological polar surface area (TPSA) is 111 Å². The third-order valence-corrected chi connectivity index (χ3v) is 4.91. The number of rotatable bonds is 12. The molecule has 0 bridgehead atoms. The van der Waals surface area contributed by atoms with Crippen molar-refractivity contribution in [2.24, 2.45) is 11.8 Å². The molecule has 2 amide bonds. The van der Waals surface area contributed by atoms with Crippen LogP contribution in [-0.4, -0.2) is 61.3 Å². The minimum absolute atomic E-state index is 0.0391. The van der Waals surface area contributed by atoms with E-state index in [0.29, 0.717) is 19.6 Å². The van der Waals surface area contributed by atoms with Crippen molar-refractivity contribution in [2.45, 2.75) is 19.8 Å². The highest BCUT2D eigenvalue weighted by Crippen LogP contribution is 2.54. The molecule has 1 unspecified atom stereocenters. The summed E-state index contributed by atoms with van der Waals surface area (Å²) in [5, 5.41) is 11.9. The molecule has 0 heterocycles. The Morgan fingerprint density at radius 1 is 1.18 bits per heavy atom. The van der Waals surface area contributed by atoms with E-state index >= 15 is 0 Å². The van der Waals surface area contributed by atoms with Crippen molar-refractivity contribution < 1.29 is 24.3 Å². The summed E-state index contributed by atoms with van der Waals surface area (Å²) in [6.45, 7) is 5.13. The largest absolute Gasteiger partial charge is 0.370 e. The van der Waals surface area contributed by atoms with Crippen LogP contribution >= 0.6 is 0 Å². The molecule has 1 aliphatic rings. The second kappa shape index (κ2) is 10.6. The molecule has 1 aromatic rings. The van der Waals surface area contributed by atoms with E-state index in [4.69, 9.17) is 4.74 Å². The summed E-state index contributed by atoms with van der Waals surface area (Å²) in [5.41, 5.74) is 1.10. The van der Waals surface area contributed by atoms with Crippen molar-refractivity contribution in [2.75, 3.05) is 39.5 Å². The minimum Gasteiger partial charge on any atom is -0.370 e. The Kier molecular flexibility index (Phi) is 8.19. The molecule has 3 atom stereocenters. The van der Waals surface area contributed by atoms with E-state index in [0.717, 1.165) is 5.56 Å². The first kappa shape index (κ1) is 21.6. The lowest BCUT2D eigenvalue weighted by Crippen LogP contribution is -2.34. The van der Waals surface area contributed by atoms with Crippen molar-refractivity contribution in [3.05, 3.63) is 46.0 Å². The van der Waals surface area contributed by atoms with Crippen LogP contribution < -0.4 is 5.32 Å². The van der Waals surface area contributed by atoms with Gasteiger partial charge in [0.1, 0.15) is 13.2 Å². The number of hydrogen-bond acceptors (Lipinski definition) is 6. The lowest BCUT2D eigenvalue weighted by Gasteiger charge is -2.19. The smallest absolute Gasteiger partial charge is 0.294 e. The molecule has 9 heteroatoms. The molecule has 0 spiro atoms. The highest BCUT2D eigenvalue weighted by atomic mass is 17.0. The van der Waals surface area contributed by atoms with Crippen LogP contribution in [0.2, 0.25) is 0 Å². The van der Waals surface area contributed by atoms with Gasteiger partial charge >= 0.3 is 0 Å². The normalized spacial score (nSPS) is 20.3. The van der Waals surface area contributed by atoms with E-state index < -0.39 is 5.09 Å². The maximum atomic E-state index is 12.8. The Balaban J connectivity index is 1.86. The number of nitrogens with one attached hydrogen (secondary N) is 1. The molecule has 1 fully saturated rings. The van der Waals surface area contributed by atoms with E-state index in [-0.39, 0.29) is 49.4 Å². The maximum Gasteiger partial charge on any atom is 0.294 e. The van der Waals surface area contributed by atoms with Crippen LogP contribution in [0.3, 0.4) is 0 Å². The van der Waals surface area contributed by atoms with Crippen molar-refractivity contribution in [1.82, 2.24) is 10.2 Å². The number of nitrogens with zero attached hydrogens (tertiary/aromatic N) is 2. The zero-order valence-corrected chi connectivity index (χ0v) is 16.2. The summed E-state index contributed by atoms with van der Waals surface area (Å²) in [7, 11) is 0. The maximum absolute atomic E-state index is 12.8. The van der Waals surface area contributed by atoms with E-state index in [1.165, 1.54) is 0 Å². The summed E-state index contributed by atoms with van der Waals surface area (Å²) in [5.74, 6) is -0.224. The predicted molar refractivity (Wildman–Crippen MR) is 101 cm³/mol. The van der Waals surface area contributed by atoms with Gasteiger partial charge in [0.05, 0.1) is 12.5 Å². The summed E-state index contributed by atoms with van der Waals surface area (Å²) in [6, 6.07) is 9.84. The van der Waals surface area contributed by atoms with Gasteiger partial charge in [-0.25, -0.2) is 0 Å². The molecule has 154 valence electrons. The van der Waals surface area contributed by atoms with Gasteiger partial charge in [0.25, 0.3) is 5.09 Å². The van der Waals surface area contributed by atoms with Gasteiger partial charge in [-0.1, -0.05) is 30.3 Å². The van der Waals surface area contributed by atoms with Gasteiger partial charge < -0.3 is 19.8 Å². The summed E-state index contributed by atoms with van der Waals surface area (Å²) < 4.78 is 5.04. The molecule has 28 heavy (non-hydrogen) atoms. The van der Waals surface area contributed by atoms with Crippen LogP contribution in [0.15, 0.2) is 30.3 Å². The Hall–Kier alpha value is -2.68. The van der Waals surface area contributed by atoms with Crippen molar-refractivity contribution >= 4 is 11.8 Å². The van der Waals surface area contributed by atoms with Crippen LogP contribution in [0.25, 0.3) is 0 Å². The minimum atomic E-state index is -0.909. The zero-order valence-electron chi connectivity index (χ0n) is 16.2. The summed E-state index contributed by atoms with van der Waals surface area (Å²) >= 11 is 0. The van der Waals surface area contributed by atoms with Crippen LogP contribution in [0.5, 0.6) is 0 Å². The Morgan fingerprint density at radius 2 is 1.86 bits per heavy atom. The standard InChI is InChI=1S/C19H27N3O6/c1-3-21(4-2)19(24)18-15(17(18)14-8-6-5-7-9-14)12-20-16(23)13-27-10-11-28-22(25)26/h5-9,15,17-18H,3-4,10-13H2,1-2H3,(H,20,23)/t15-,17?,18-/m0/s1. The van der Waals surface area contributed by atoms with Crippen molar-refractivity contribution in [3.8, 4) is 0 Å². The van der Waals surface area contributed by atoms with Gasteiger partial charge in [-0.15, -0.1) is 10.1 Å². The van der Waals surface area contributed by atoms with Gasteiger partial charge in [-0.3, -0.25) is 9.59 Å². The van der Waals surface area contributed by atoms with Crippen molar-refractivity contribution in [3.63, 3.8) is 0 Å². The molecule has 0 aliphatic heterocycles. The summed E-state index contributed by atoms with van der Waals surface area (Å²) in [4.78, 5) is 40.7. The molecule has 1 N–H and O–H groups in total. The van der Waals surface area contributed by atoms with E-state index in [1.807, 2.05) is 49.1 Å². The molecule has 1 aliphatic carbocycles. The molecule has 0 aromatic heterocycles. The first-order valence-electron chi connectivity index (χ1n) is 9.45. The third kappa shape index (κ3) is 5.91. The van der Waals surface area contributed by atoms with Gasteiger partial charge in [0, 0.05) is 25.6 Å².